The van der Waals surface area contributed by atoms with E-state index < -0.39 is 0 Å². The minimum atomic E-state index is -0.173. The summed E-state index contributed by atoms with van der Waals surface area (Å²) in [4.78, 5) is 30.9. The normalized spacial score (nSPS) is 12.2. The molecule has 1 amide bonds. The Bertz CT molecular complexity index is 1020. The molecule has 1 atom stereocenters. The maximum Gasteiger partial charge on any atom is 0.262 e. The number of carbonyl (C=O) groups is 1. The number of ether oxygens (including phenoxy) is 1. The number of amides is 1. The third kappa shape index (κ3) is 4.94. The molecule has 0 bridgehead atoms. The molecule has 3 aromatic rings. The number of carbonyl (C=O) groups excluding carboxylic acids is 1. The quantitative estimate of drug-likeness (QED) is 0.429. The van der Waals surface area contributed by atoms with Crippen LogP contribution in [0.25, 0.3) is 10.9 Å². The van der Waals surface area contributed by atoms with E-state index in [1.54, 1.807) is 41.2 Å². The fourth-order valence-corrected chi connectivity index (χ4v) is 4.42. The highest BCUT2D eigenvalue weighted by Crippen LogP contribution is 2.22. The van der Waals surface area contributed by atoms with Crippen LogP contribution in [0.1, 0.15) is 17.8 Å². The lowest BCUT2D eigenvalue weighted by molar-refractivity contribution is -0.119. The van der Waals surface area contributed by atoms with Crippen molar-refractivity contribution in [1.82, 2.24) is 14.9 Å². The van der Waals surface area contributed by atoms with Gasteiger partial charge in [-0.05, 0) is 36.6 Å². The Hall–Kier alpha value is -1.87. The van der Waals surface area contributed by atoms with Crippen molar-refractivity contribution in [3.05, 3.63) is 56.0 Å². The third-order valence-corrected chi connectivity index (χ3v) is 6.35. The summed E-state index contributed by atoms with van der Waals surface area (Å²) in [5, 5.41) is 6.41. The molecule has 9 heteroatoms. The number of thioether (sulfide) groups is 1. The molecular formula is C19H20ClN3O3S2. The molecule has 3 rings (SSSR count). The summed E-state index contributed by atoms with van der Waals surface area (Å²) in [6.45, 7) is 2.67. The summed E-state index contributed by atoms with van der Waals surface area (Å²) >= 11 is 8.86. The highest BCUT2D eigenvalue weighted by molar-refractivity contribution is 7.99. The standard InChI is InChI=1S/C19H20ClN3O3S2/c1-12(16-4-3-9-27-16)21-17(24)11-28-19-22-15-10-13(20)5-6-14(15)18(25)23(19)7-8-26-2/h3-6,9-10,12H,7-8,11H2,1-2H3,(H,21,24). The van der Waals surface area contributed by atoms with Gasteiger partial charge in [0.25, 0.3) is 5.56 Å². The fraction of sp³-hybridized carbons (Fsp3) is 0.316. The number of methoxy groups -OCH3 is 1. The van der Waals surface area contributed by atoms with E-state index in [4.69, 9.17) is 16.3 Å². The van der Waals surface area contributed by atoms with Crippen LogP contribution in [0.15, 0.2) is 45.7 Å². The molecule has 0 aliphatic rings. The molecule has 0 aliphatic carbocycles. The number of benzene rings is 1. The van der Waals surface area contributed by atoms with Crippen molar-refractivity contribution in [2.45, 2.75) is 24.7 Å². The zero-order chi connectivity index (χ0) is 20.1. The lowest BCUT2D eigenvalue weighted by atomic mass is 10.2. The number of hydrogen-bond donors (Lipinski definition) is 1. The number of hydrogen-bond acceptors (Lipinski definition) is 6. The maximum absolute atomic E-state index is 12.9. The van der Waals surface area contributed by atoms with Crippen LogP contribution in [0, 0.1) is 0 Å². The predicted octanol–water partition coefficient (Wildman–Crippen LogP) is 3.73. The van der Waals surface area contributed by atoms with Gasteiger partial charge in [0, 0.05) is 17.0 Å². The van der Waals surface area contributed by atoms with E-state index in [1.807, 2.05) is 24.4 Å². The molecule has 6 nitrogen and oxygen atoms in total. The minimum absolute atomic E-state index is 0.0628. The number of aromatic nitrogens is 2. The SMILES string of the molecule is COCCn1c(SCC(=O)NC(C)c2cccs2)nc2cc(Cl)ccc2c1=O. The van der Waals surface area contributed by atoms with E-state index in [0.29, 0.717) is 34.2 Å². The van der Waals surface area contributed by atoms with Crippen molar-refractivity contribution >= 4 is 51.5 Å². The van der Waals surface area contributed by atoms with Crippen LogP contribution in [0.4, 0.5) is 0 Å². The summed E-state index contributed by atoms with van der Waals surface area (Å²) in [7, 11) is 1.57. The molecule has 0 aliphatic heterocycles. The van der Waals surface area contributed by atoms with Crippen molar-refractivity contribution in [2.75, 3.05) is 19.5 Å². The summed E-state index contributed by atoms with van der Waals surface area (Å²) in [6.07, 6.45) is 0. The average molecular weight is 438 g/mol. The summed E-state index contributed by atoms with van der Waals surface area (Å²) in [5.74, 6) is 0.0333. The van der Waals surface area contributed by atoms with E-state index in [2.05, 4.69) is 10.3 Å². The van der Waals surface area contributed by atoms with Gasteiger partial charge in [-0.3, -0.25) is 14.2 Å². The number of thiophene rings is 1. The fourth-order valence-electron chi connectivity index (χ4n) is 2.69. The monoisotopic (exact) mass is 437 g/mol. The number of nitrogens with one attached hydrogen (secondary N) is 1. The Morgan fingerprint density at radius 1 is 1.43 bits per heavy atom. The topological polar surface area (TPSA) is 73.2 Å². The van der Waals surface area contributed by atoms with Gasteiger partial charge >= 0.3 is 0 Å². The van der Waals surface area contributed by atoms with Gasteiger partial charge in [0.05, 0.1) is 35.8 Å². The van der Waals surface area contributed by atoms with Crippen molar-refractivity contribution in [3.8, 4) is 0 Å². The Balaban J connectivity index is 1.80. The van der Waals surface area contributed by atoms with Crippen molar-refractivity contribution in [3.63, 3.8) is 0 Å². The molecule has 0 spiro atoms. The van der Waals surface area contributed by atoms with Crippen molar-refractivity contribution in [2.24, 2.45) is 0 Å². The summed E-state index contributed by atoms with van der Waals surface area (Å²) in [5.41, 5.74) is 0.342. The Kier molecular flexibility index (Phi) is 7.12. The first-order valence-corrected chi connectivity index (χ1v) is 10.9. The summed E-state index contributed by atoms with van der Waals surface area (Å²) < 4.78 is 6.65. The Morgan fingerprint density at radius 2 is 2.25 bits per heavy atom. The lowest BCUT2D eigenvalue weighted by Crippen LogP contribution is -2.29. The van der Waals surface area contributed by atoms with Gasteiger partial charge in [-0.1, -0.05) is 29.4 Å². The van der Waals surface area contributed by atoms with Crippen LogP contribution in [0.3, 0.4) is 0 Å². The highest BCUT2D eigenvalue weighted by atomic mass is 35.5. The van der Waals surface area contributed by atoms with Crippen LogP contribution in [0.5, 0.6) is 0 Å². The van der Waals surface area contributed by atoms with E-state index >= 15 is 0 Å². The number of nitrogens with zero attached hydrogens (tertiary/aromatic N) is 2. The molecule has 0 saturated heterocycles. The molecule has 1 unspecified atom stereocenters. The third-order valence-electron chi connectivity index (χ3n) is 4.08. The largest absolute Gasteiger partial charge is 0.383 e. The molecule has 1 aromatic carbocycles. The smallest absolute Gasteiger partial charge is 0.262 e. The van der Waals surface area contributed by atoms with Crippen LogP contribution >= 0.6 is 34.7 Å². The second-order valence-corrected chi connectivity index (χ2v) is 8.46. The Labute approximate surface area is 175 Å². The highest BCUT2D eigenvalue weighted by Gasteiger charge is 2.15. The predicted molar refractivity (Wildman–Crippen MR) is 114 cm³/mol. The van der Waals surface area contributed by atoms with Crippen LogP contribution in [0.2, 0.25) is 5.02 Å². The molecular weight excluding hydrogens is 418 g/mol. The second kappa shape index (κ2) is 9.56. The Morgan fingerprint density at radius 3 is 2.96 bits per heavy atom. The van der Waals surface area contributed by atoms with Gasteiger partial charge < -0.3 is 10.1 Å². The number of fused-ring (bicyclic) bond motifs is 1. The first-order valence-electron chi connectivity index (χ1n) is 8.64. The molecule has 0 fully saturated rings. The molecule has 2 heterocycles. The first-order chi connectivity index (χ1) is 13.5. The molecule has 2 aromatic heterocycles. The lowest BCUT2D eigenvalue weighted by Gasteiger charge is -2.14. The minimum Gasteiger partial charge on any atom is -0.383 e. The van der Waals surface area contributed by atoms with E-state index in [0.717, 1.165) is 4.88 Å². The van der Waals surface area contributed by atoms with Crippen LogP contribution < -0.4 is 10.9 Å². The van der Waals surface area contributed by atoms with E-state index in [1.165, 1.54) is 11.8 Å². The van der Waals surface area contributed by atoms with Gasteiger partial charge in [-0.2, -0.15) is 0 Å². The van der Waals surface area contributed by atoms with E-state index in [9.17, 15) is 9.59 Å². The van der Waals surface area contributed by atoms with E-state index in [-0.39, 0.29) is 23.3 Å². The zero-order valence-corrected chi connectivity index (χ0v) is 17.9. The maximum atomic E-state index is 12.9. The molecule has 148 valence electrons. The molecule has 0 radical (unpaired) electrons. The number of halogens is 1. The van der Waals surface area contributed by atoms with Crippen LogP contribution in [-0.4, -0.2) is 34.9 Å². The molecule has 1 N–H and O–H groups in total. The zero-order valence-electron chi connectivity index (χ0n) is 15.5. The van der Waals surface area contributed by atoms with Gasteiger partial charge in [-0.15, -0.1) is 11.3 Å². The van der Waals surface area contributed by atoms with Gasteiger partial charge in [0.1, 0.15) is 0 Å². The molecule has 28 heavy (non-hydrogen) atoms. The molecule has 0 saturated carbocycles. The van der Waals surface area contributed by atoms with Crippen molar-refractivity contribution < 1.29 is 9.53 Å². The van der Waals surface area contributed by atoms with Crippen LogP contribution in [-0.2, 0) is 16.1 Å². The second-order valence-electron chi connectivity index (χ2n) is 6.10. The van der Waals surface area contributed by atoms with Crippen molar-refractivity contribution in [1.29, 1.82) is 0 Å². The average Bonchev–Trinajstić information content (AvgIpc) is 3.20. The van der Waals surface area contributed by atoms with Gasteiger partial charge in [0.2, 0.25) is 5.91 Å². The van der Waals surface area contributed by atoms with Gasteiger partial charge in [0.15, 0.2) is 5.16 Å². The van der Waals surface area contributed by atoms with Gasteiger partial charge in [-0.25, -0.2) is 4.98 Å². The summed E-state index contributed by atoms with van der Waals surface area (Å²) in [6, 6.07) is 8.87. The number of rotatable bonds is 8. The first kappa shape index (κ1) is 20.9.